The van der Waals surface area contributed by atoms with Gasteiger partial charge in [0.25, 0.3) is 5.56 Å². The monoisotopic (exact) mass is 370 g/mol. The fraction of sp³-hybridized carbons (Fsp3) is 0.579. The Morgan fingerprint density at radius 3 is 3.00 bits per heavy atom. The van der Waals surface area contributed by atoms with Crippen LogP contribution < -0.4 is 5.56 Å². The lowest BCUT2D eigenvalue weighted by Gasteiger charge is -2.17. The Bertz CT molecular complexity index is 1010. The molecule has 3 aromatic heterocycles. The minimum Gasteiger partial charge on any atom is -0.339 e. The number of rotatable bonds is 3. The lowest BCUT2D eigenvalue weighted by atomic mass is 9.89. The summed E-state index contributed by atoms with van der Waals surface area (Å²) in [5.41, 5.74) is 1.24. The normalized spacial score (nSPS) is 20.7. The first-order chi connectivity index (χ1) is 12.7. The first-order valence-corrected chi connectivity index (χ1v) is 10.3. The maximum atomic E-state index is 13.1. The van der Waals surface area contributed by atoms with Gasteiger partial charge in [0.05, 0.1) is 18.3 Å². The molecular weight excluding hydrogens is 348 g/mol. The highest BCUT2D eigenvalue weighted by molar-refractivity contribution is 7.18. The maximum Gasteiger partial charge on any atom is 0.262 e. The zero-order valence-electron chi connectivity index (χ0n) is 14.9. The molecule has 2 aliphatic rings. The zero-order chi connectivity index (χ0) is 17.7. The summed E-state index contributed by atoms with van der Waals surface area (Å²) in [5, 5.41) is 4.90. The van der Waals surface area contributed by atoms with Gasteiger partial charge in [-0.25, -0.2) is 4.98 Å². The molecule has 0 aliphatic heterocycles. The van der Waals surface area contributed by atoms with E-state index in [0.29, 0.717) is 24.2 Å². The van der Waals surface area contributed by atoms with Gasteiger partial charge in [-0.15, -0.1) is 11.3 Å². The quantitative estimate of drug-likeness (QED) is 0.703. The van der Waals surface area contributed by atoms with E-state index < -0.39 is 0 Å². The number of thiophene rings is 1. The third-order valence-electron chi connectivity index (χ3n) is 5.78. The molecule has 1 fully saturated rings. The molecule has 0 N–H and O–H groups in total. The van der Waals surface area contributed by atoms with Crippen molar-refractivity contribution < 1.29 is 4.52 Å². The Balaban J connectivity index is 1.48. The van der Waals surface area contributed by atoms with E-state index in [2.05, 4.69) is 22.0 Å². The number of nitrogens with zero attached hydrogens (tertiary/aromatic N) is 4. The van der Waals surface area contributed by atoms with Crippen LogP contribution in [0.15, 0.2) is 15.6 Å². The van der Waals surface area contributed by atoms with Gasteiger partial charge in [-0.1, -0.05) is 24.9 Å². The van der Waals surface area contributed by atoms with Crippen molar-refractivity contribution in [1.29, 1.82) is 0 Å². The second-order valence-electron chi connectivity index (χ2n) is 7.74. The van der Waals surface area contributed by atoms with Gasteiger partial charge in [0.2, 0.25) is 5.89 Å². The Hall–Kier alpha value is -2.02. The Morgan fingerprint density at radius 2 is 2.15 bits per heavy atom. The summed E-state index contributed by atoms with van der Waals surface area (Å²) in [5.74, 6) is 2.36. The molecule has 26 heavy (non-hydrogen) atoms. The first-order valence-electron chi connectivity index (χ1n) is 9.51. The van der Waals surface area contributed by atoms with Gasteiger partial charge < -0.3 is 4.52 Å². The van der Waals surface area contributed by atoms with Gasteiger partial charge in [-0.2, -0.15) is 4.98 Å². The minimum atomic E-state index is 0.0225. The van der Waals surface area contributed by atoms with Gasteiger partial charge in [-0.3, -0.25) is 9.36 Å². The molecule has 136 valence electrons. The van der Waals surface area contributed by atoms with Gasteiger partial charge in [-0.05, 0) is 43.6 Å². The van der Waals surface area contributed by atoms with Crippen molar-refractivity contribution in [1.82, 2.24) is 19.7 Å². The molecule has 1 atom stereocenters. The molecule has 6 nitrogen and oxygen atoms in total. The van der Waals surface area contributed by atoms with Crippen molar-refractivity contribution in [2.24, 2.45) is 5.92 Å². The summed E-state index contributed by atoms with van der Waals surface area (Å²) in [6.07, 6.45) is 9.50. The van der Waals surface area contributed by atoms with E-state index in [1.54, 1.807) is 22.2 Å². The highest BCUT2D eigenvalue weighted by Gasteiger charge is 2.25. The molecule has 0 saturated heterocycles. The fourth-order valence-corrected chi connectivity index (χ4v) is 5.64. The Labute approximate surface area is 155 Å². The second kappa shape index (κ2) is 6.30. The predicted octanol–water partition coefficient (Wildman–Crippen LogP) is 3.67. The Kier molecular flexibility index (Phi) is 3.92. The van der Waals surface area contributed by atoms with E-state index in [1.165, 1.54) is 23.3 Å². The number of hydrogen-bond donors (Lipinski definition) is 0. The molecular formula is C19H22N4O2S. The van der Waals surface area contributed by atoms with Crippen molar-refractivity contribution in [3.8, 4) is 0 Å². The van der Waals surface area contributed by atoms with Gasteiger partial charge >= 0.3 is 0 Å². The average Bonchev–Trinajstić information content (AvgIpc) is 3.35. The van der Waals surface area contributed by atoms with Crippen LogP contribution in [0.4, 0.5) is 0 Å². The summed E-state index contributed by atoms with van der Waals surface area (Å²) in [6.45, 7) is 2.59. The van der Waals surface area contributed by atoms with Crippen molar-refractivity contribution in [2.45, 2.75) is 64.3 Å². The highest BCUT2D eigenvalue weighted by Crippen LogP contribution is 2.35. The van der Waals surface area contributed by atoms with E-state index in [0.717, 1.165) is 48.2 Å². The number of aromatic nitrogens is 4. The van der Waals surface area contributed by atoms with Gasteiger partial charge in [0.15, 0.2) is 5.82 Å². The molecule has 0 bridgehead atoms. The van der Waals surface area contributed by atoms with Crippen molar-refractivity contribution in [3.63, 3.8) is 0 Å². The van der Waals surface area contributed by atoms with E-state index in [4.69, 9.17) is 4.52 Å². The van der Waals surface area contributed by atoms with Gasteiger partial charge in [0, 0.05) is 10.8 Å². The van der Waals surface area contributed by atoms with Crippen LogP contribution in [0.25, 0.3) is 10.2 Å². The maximum absolute atomic E-state index is 13.1. The van der Waals surface area contributed by atoms with E-state index in [9.17, 15) is 4.79 Å². The molecule has 0 aromatic carbocycles. The van der Waals surface area contributed by atoms with Crippen molar-refractivity contribution in [3.05, 3.63) is 38.8 Å². The smallest absolute Gasteiger partial charge is 0.262 e. The van der Waals surface area contributed by atoms with Crippen molar-refractivity contribution >= 4 is 21.6 Å². The highest BCUT2D eigenvalue weighted by atomic mass is 32.1. The van der Waals surface area contributed by atoms with Crippen LogP contribution in [-0.4, -0.2) is 19.7 Å². The first kappa shape index (κ1) is 16.2. The van der Waals surface area contributed by atoms with Crippen LogP contribution in [-0.2, 0) is 19.4 Å². The van der Waals surface area contributed by atoms with Crippen LogP contribution in [0.2, 0.25) is 0 Å². The van der Waals surface area contributed by atoms with E-state index in [1.807, 2.05) is 0 Å². The molecule has 3 aromatic rings. The number of aryl methyl sites for hydroxylation is 1. The summed E-state index contributed by atoms with van der Waals surface area (Å²) in [4.78, 5) is 24.3. The molecule has 7 heteroatoms. The molecule has 0 unspecified atom stereocenters. The van der Waals surface area contributed by atoms with Crippen LogP contribution in [0.3, 0.4) is 0 Å². The fourth-order valence-electron chi connectivity index (χ4n) is 4.30. The summed E-state index contributed by atoms with van der Waals surface area (Å²) >= 11 is 1.68. The second-order valence-corrected chi connectivity index (χ2v) is 8.82. The Morgan fingerprint density at radius 1 is 1.31 bits per heavy atom. The standard InChI is InChI=1S/C19H22N4O2S/c1-11-6-7-13-14(8-11)26-18-16(13)19(24)23(10-20-18)9-15-21-17(25-22-15)12-4-2-3-5-12/h10-12H,2-9H2,1H3/t11-/m0/s1. The lowest BCUT2D eigenvalue weighted by molar-refractivity contribution is 0.349. The SMILES string of the molecule is C[C@H]1CCc2c(sc3ncn(Cc4noc(C5CCCC5)n4)c(=O)c23)C1. The summed E-state index contributed by atoms with van der Waals surface area (Å²) < 4.78 is 7.06. The molecule has 0 spiro atoms. The average molecular weight is 370 g/mol. The molecule has 3 heterocycles. The van der Waals surface area contributed by atoms with Crippen LogP contribution in [0.1, 0.15) is 67.1 Å². The molecule has 5 rings (SSSR count). The van der Waals surface area contributed by atoms with Crippen LogP contribution >= 0.6 is 11.3 Å². The van der Waals surface area contributed by atoms with Crippen LogP contribution in [0.5, 0.6) is 0 Å². The number of fused-ring (bicyclic) bond motifs is 3. The largest absolute Gasteiger partial charge is 0.339 e. The minimum absolute atomic E-state index is 0.0225. The molecule has 0 radical (unpaired) electrons. The van der Waals surface area contributed by atoms with Crippen molar-refractivity contribution in [2.75, 3.05) is 0 Å². The van der Waals surface area contributed by atoms with E-state index >= 15 is 0 Å². The summed E-state index contributed by atoms with van der Waals surface area (Å²) in [6, 6.07) is 0. The van der Waals surface area contributed by atoms with Crippen LogP contribution in [0, 0.1) is 5.92 Å². The third kappa shape index (κ3) is 2.69. The third-order valence-corrected chi connectivity index (χ3v) is 6.94. The molecule has 1 saturated carbocycles. The molecule has 2 aliphatic carbocycles. The van der Waals surface area contributed by atoms with E-state index in [-0.39, 0.29) is 5.56 Å². The van der Waals surface area contributed by atoms with Gasteiger partial charge in [0.1, 0.15) is 4.83 Å². The molecule has 0 amide bonds. The topological polar surface area (TPSA) is 73.8 Å². The lowest BCUT2D eigenvalue weighted by Crippen LogP contribution is -2.22. The predicted molar refractivity (Wildman–Crippen MR) is 99.7 cm³/mol. The summed E-state index contributed by atoms with van der Waals surface area (Å²) in [7, 11) is 0. The number of hydrogen-bond acceptors (Lipinski definition) is 6. The zero-order valence-corrected chi connectivity index (χ0v) is 15.7.